The van der Waals surface area contributed by atoms with E-state index in [0.717, 1.165) is 32.5 Å². The summed E-state index contributed by atoms with van der Waals surface area (Å²) in [6, 6.07) is 7.98. The fourth-order valence-corrected chi connectivity index (χ4v) is 2.62. The van der Waals surface area contributed by atoms with Crippen LogP contribution in [0.15, 0.2) is 34.9 Å². The predicted octanol–water partition coefficient (Wildman–Crippen LogP) is 3.38. The van der Waals surface area contributed by atoms with Gasteiger partial charge in [0.25, 0.3) is 0 Å². The number of halogens is 1. The maximum Gasteiger partial charge on any atom is 0.0988 e. The minimum atomic E-state index is 0.622. The van der Waals surface area contributed by atoms with Gasteiger partial charge >= 0.3 is 0 Å². The summed E-state index contributed by atoms with van der Waals surface area (Å²) >= 11 is 3.49. The zero-order valence-corrected chi connectivity index (χ0v) is 12.3. The summed E-state index contributed by atoms with van der Waals surface area (Å²) in [4.78, 5) is 4.36. The molecule has 0 bridgehead atoms. The molecule has 0 saturated heterocycles. The Kier molecular flexibility index (Phi) is 2.78. The fourth-order valence-electron chi connectivity index (χ4n) is 2.26. The maximum atomic E-state index is 6.11. The van der Waals surface area contributed by atoms with Crippen LogP contribution >= 0.6 is 15.9 Å². The van der Waals surface area contributed by atoms with Crippen LogP contribution in [0.2, 0.25) is 0 Å². The summed E-state index contributed by atoms with van der Waals surface area (Å²) in [7, 11) is 0. The third-order valence-electron chi connectivity index (χ3n) is 3.05. The van der Waals surface area contributed by atoms with Crippen molar-refractivity contribution in [3.05, 3.63) is 46.3 Å². The molecule has 3 aromatic rings. The van der Waals surface area contributed by atoms with Crippen LogP contribution in [-0.4, -0.2) is 14.8 Å². The summed E-state index contributed by atoms with van der Waals surface area (Å²) in [6.07, 6.45) is 1.68. The van der Waals surface area contributed by atoms with E-state index in [0.29, 0.717) is 5.69 Å². The van der Waals surface area contributed by atoms with Crippen molar-refractivity contribution in [2.45, 2.75) is 13.8 Å². The highest BCUT2D eigenvalue weighted by atomic mass is 79.9. The van der Waals surface area contributed by atoms with Crippen molar-refractivity contribution >= 4 is 32.5 Å². The van der Waals surface area contributed by atoms with Crippen LogP contribution < -0.4 is 5.73 Å². The first-order chi connectivity index (χ1) is 9.06. The number of anilines is 1. The number of hydrogen-bond acceptors (Lipinski definition) is 3. The minimum absolute atomic E-state index is 0.622. The molecular formula is C14H13BrN4. The molecule has 1 aromatic carbocycles. The molecule has 0 atom stereocenters. The van der Waals surface area contributed by atoms with E-state index >= 15 is 0 Å². The van der Waals surface area contributed by atoms with E-state index in [4.69, 9.17) is 5.73 Å². The Morgan fingerprint density at radius 1 is 1.21 bits per heavy atom. The lowest BCUT2D eigenvalue weighted by molar-refractivity contribution is 0.840. The van der Waals surface area contributed by atoms with Crippen molar-refractivity contribution in [2.75, 3.05) is 5.73 Å². The van der Waals surface area contributed by atoms with E-state index in [1.165, 1.54) is 0 Å². The first-order valence-electron chi connectivity index (χ1n) is 5.93. The molecule has 0 aliphatic heterocycles. The Morgan fingerprint density at radius 3 is 2.68 bits per heavy atom. The Bertz CT molecular complexity index is 771. The van der Waals surface area contributed by atoms with Gasteiger partial charge < -0.3 is 5.73 Å². The van der Waals surface area contributed by atoms with Crippen molar-refractivity contribution in [3.8, 4) is 5.69 Å². The topological polar surface area (TPSA) is 56.7 Å². The van der Waals surface area contributed by atoms with Gasteiger partial charge in [-0.1, -0.05) is 15.9 Å². The molecule has 5 heteroatoms. The van der Waals surface area contributed by atoms with Gasteiger partial charge in [0.2, 0.25) is 0 Å². The molecule has 3 rings (SSSR count). The van der Waals surface area contributed by atoms with Crippen LogP contribution in [0.5, 0.6) is 0 Å². The molecule has 0 unspecified atom stereocenters. The van der Waals surface area contributed by atoms with Crippen molar-refractivity contribution < 1.29 is 0 Å². The van der Waals surface area contributed by atoms with E-state index in [1.807, 2.05) is 42.8 Å². The summed E-state index contributed by atoms with van der Waals surface area (Å²) in [5.74, 6) is 0. The van der Waals surface area contributed by atoms with Gasteiger partial charge in [0.15, 0.2) is 0 Å². The molecule has 0 fully saturated rings. The van der Waals surface area contributed by atoms with Gasteiger partial charge in [0, 0.05) is 15.6 Å². The zero-order valence-electron chi connectivity index (χ0n) is 10.7. The van der Waals surface area contributed by atoms with Crippen LogP contribution in [0.1, 0.15) is 11.4 Å². The number of pyridine rings is 1. The standard InChI is InChI=1S/C14H13BrN4/c1-8-5-9(2)19(18-8)14-11-6-10(15)3-4-13(11)17-7-12(14)16/h3-7H,16H2,1-2H3. The zero-order chi connectivity index (χ0) is 13.6. The number of aromatic nitrogens is 3. The van der Waals surface area contributed by atoms with Crippen molar-refractivity contribution in [1.82, 2.24) is 14.8 Å². The molecule has 4 nitrogen and oxygen atoms in total. The monoisotopic (exact) mass is 316 g/mol. The molecule has 19 heavy (non-hydrogen) atoms. The van der Waals surface area contributed by atoms with Crippen LogP contribution in [0.25, 0.3) is 16.6 Å². The number of benzene rings is 1. The fraction of sp³-hybridized carbons (Fsp3) is 0.143. The molecule has 0 radical (unpaired) electrons. The summed E-state index contributed by atoms with van der Waals surface area (Å²) in [5.41, 5.74) is 10.5. The van der Waals surface area contributed by atoms with Gasteiger partial charge in [-0.15, -0.1) is 0 Å². The van der Waals surface area contributed by atoms with Crippen molar-refractivity contribution in [1.29, 1.82) is 0 Å². The summed E-state index contributed by atoms with van der Waals surface area (Å²) in [5, 5.41) is 5.50. The van der Waals surface area contributed by atoms with E-state index < -0.39 is 0 Å². The lowest BCUT2D eigenvalue weighted by atomic mass is 10.1. The Labute approximate surface area is 119 Å². The average Bonchev–Trinajstić information content (AvgIpc) is 2.68. The van der Waals surface area contributed by atoms with Crippen LogP contribution in [0.3, 0.4) is 0 Å². The first-order valence-corrected chi connectivity index (χ1v) is 6.73. The predicted molar refractivity (Wildman–Crippen MR) is 80.5 cm³/mol. The SMILES string of the molecule is Cc1cc(C)n(-c2c(N)cnc3ccc(Br)cc23)n1. The second-order valence-electron chi connectivity index (χ2n) is 4.56. The highest BCUT2D eigenvalue weighted by molar-refractivity contribution is 9.10. The van der Waals surface area contributed by atoms with Gasteiger partial charge in [-0.25, -0.2) is 4.68 Å². The highest BCUT2D eigenvalue weighted by Crippen LogP contribution is 2.29. The van der Waals surface area contributed by atoms with E-state index in [1.54, 1.807) is 6.20 Å². The highest BCUT2D eigenvalue weighted by Gasteiger charge is 2.12. The van der Waals surface area contributed by atoms with Crippen LogP contribution in [0.4, 0.5) is 5.69 Å². The maximum absolute atomic E-state index is 6.11. The number of nitrogens with zero attached hydrogens (tertiary/aromatic N) is 3. The summed E-state index contributed by atoms with van der Waals surface area (Å²) < 4.78 is 2.87. The largest absolute Gasteiger partial charge is 0.396 e. The molecule has 0 aliphatic carbocycles. The minimum Gasteiger partial charge on any atom is -0.396 e. The second kappa shape index (κ2) is 4.35. The van der Waals surface area contributed by atoms with E-state index in [9.17, 15) is 0 Å². The Balaban J connectivity index is 2.42. The number of aryl methyl sites for hydroxylation is 2. The normalized spacial score (nSPS) is 11.1. The molecule has 0 spiro atoms. The number of rotatable bonds is 1. The van der Waals surface area contributed by atoms with Crippen LogP contribution in [-0.2, 0) is 0 Å². The van der Waals surface area contributed by atoms with Gasteiger partial charge in [0.05, 0.1) is 28.8 Å². The van der Waals surface area contributed by atoms with Gasteiger partial charge in [-0.2, -0.15) is 5.10 Å². The smallest absolute Gasteiger partial charge is 0.0988 e. The molecule has 2 aromatic heterocycles. The number of hydrogen-bond donors (Lipinski definition) is 1. The molecule has 96 valence electrons. The third-order valence-corrected chi connectivity index (χ3v) is 3.54. The van der Waals surface area contributed by atoms with Gasteiger partial charge in [0.1, 0.15) is 0 Å². The second-order valence-corrected chi connectivity index (χ2v) is 5.48. The third kappa shape index (κ3) is 2.00. The molecule has 2 N–H and O–H groups in total. The molecule has 0 saturated carbocycles. The number of fused-ring (bicyclic) bond motifs is 1. The number of nitrogens with two attached hydrogens (primary N) is 1. The van der Waals surface area contributed by atoms with Crippen LogP contribution in [0, 0.1) is 13.8 Å². The molecule has 2 heterocycles. The number of nitrogen functional groups attached to an aromatic ring is 1. The summed E-state index contributed by atoms with van der Waals surface area (Å²) in [6.45, 7) is 3.99. The van der Waals surface area contributed by atoms with E-state index in [2.05, 4.69) is 26.0 Å². The Hall–Kier alpha value is -1.88. The lowest BCUT2D eigenvalue weighted by Crippen LogP contribution is -2.05. The molecule has 0 amide bonds. The quantitative estimate of drug-likeness (QED) is 0.748. The molecule has 0 aliphatic rings. The lowest BCUT2D eigenvalue weighted by Gasteiger charge is -2.11. The van der Waals surface area contributed by atoms with Gasteiger partial charge in [-0.05, 0) is 38.1 Å². The van der Waals surface area contributed by atoms with Crippen molar-refractivity contribution in [3.63, 3.8) is 0 Å². The van der Waals surface area contributed by atoms with Gasteiger partial charge in [-0.3, -0.25) is 4.98 Å². The Morgan fingerprint density at radius 2 is 2.00 bits per heavy atom. The first kappa shape index (κ1) is 12.2. The van der Waals surface area contributed by atoms with E-state index in [-0.39, 0.29) is 0 Å². The molecular weight excluding hydrogens is 304 g/mol. The average molecular weight is 317 g/mol. The van der Waals surface area contributed by atoms with Crippen molar-refractivity contribution in [2.24, 2.45) is 0 Å².